The van der Waals surface area contributed by atoms with Crippen LogP contribution >= 0.6 is 0 Å². The van der Waals surface area contributed by atoms with Crippen molar-refractivity contribution in [3.8, 4) is 0 Å². The zero-order valence-corrected chi connectivity index (χ0v) is 11.0. The Morgan fingerprint density at radius 2 is 1.84 bits per heavy atom. The van der Waals surface area contributed by atoms with Crippen LogP contribution < -0.4 is 5.32 Å². The SMILES string of the molecule is CN1CCN(C(=O)C(=O)NCc2ccncc2)CC1. The molecule has 102 valence electrons. The van der Waals surface area contributed by atoms with Gasteiger partial charge >= 0.3 is 11.8 Å². The first-order chi connectivity index (χ1) is 9.16. The number of hydrogen-bond acceptors (Lipinski definition) is 4. The molecule has 6 nitrogen and oxygen atoms in total. The summed E-state index contributed by atoms with van der Waals surface area (Å²) in [5.74, 6) is -0.983. The third-order valence-electron chi connectivity index (χ3n) is 3.19. The Bertz CT molecular complexity index is 441. The van der Waals surface area contributed by atoms with Crippen LogP contribution in [0.5, 0.6) is 0 Å². The maximum Gasteiger partial charge on any atom is 0.311 e. The molecule has 0 bridgehead atoms. The highest BCUT2D eigenvalue weighted by molar-refractivity contribution is 6.34. The minimum Gasteiger partial charge on any atom is -0.344 e. The number of nitrogens with zero attached hydrogens (tertiary/aromatic N) is 3. The van der Waals surface area contributed by atoms with E-state index in [1.54, 1.807) is 29.4 Å². The molecule has 0 aromatic carbocycles. The summed E-state index contributed by atoms with van der Waals surface area (Å²) in [5.41, 5.74) is 0.925. The van der Waals surface area contributed by atoms with E-state index in [4.69, 9.17) is 0 Å². The van der Waals surface area contributed by atoms with E-state index in [2.05, 4.69) is 15.2 Å². The molecule has 0 saturated carbocycles. The van der Waals surface area contributed by atoms with Crippen LogP contribution in [0, 0.1) is 0 Å². The monoisotopic (exact) mass is 262 g/mol. The van der Waals surface area contributed by atoms with E-state index in [-0.39, 0.29) is 0 Å². The topological polar surface area (TPSA) is 65.5 Å². The maximum absolute atomic E-state index is 11.9. The Morgan fingerprint density at radius 1 is 1.21 bits per heavy atom. The third kappa shape index (κ3) is 3.75. The van der Waals surface area contributed by atoms with Gasteiger partial charge in [-0.3, -0.25) is 14.6 Å². The molecule has 2 rings (SSSR count). The van der Waals surface area contributed by atoms with Crippen LogP contribution in [0.25, 0.3) is 0 Å². The molecular weight excluding hydrogens is 244 g/mol. The van der Waals surface area contributed by atoms with Crippen molar-refractivity contribution >= 4 is 11.8 Å². The summed E-state index contributed by atoms with van der Waals surface area (Å²) in [6.45, 7) is 3.18. The highest BCUT2D eigenvalue weighted by Crippen LogP contribution is 2.00. The van der Waals surface area contributed by atoms with Crippen molar-refractivity contribution in [3.05, 3.63) is 30.1 Å². The molecule has 1 aliphatic heterocycles. The van der Waals surface area contributed by atoms with Crippen molar-refractivity contribution in [2.45, 2.75) is 6.54 Å². The predicted molar refractivity (Wildman–Crippen MR) is 70.2 cm³/mol. The molecule has 0 aliphatic carbocycles. The van der Waals surface area contributed by atoms with Crippen molar-refractivity contribution < 1.29 is 9.59 Å². The average molecular weight is 262 g/mol. The smallest absolute Gasteiger partial charge is 0.311 e. The summed E-state index contributed by atoms with van der Waals surface area (Å²) in [4.78, 5) is 31.3. The van der Waals surface area contributed by atoms with E-state index in [9.17, 15) is 9.59 Å². The van der Waals surface area contributed by atoms with Gasteiger partial charge in [-0.05, 0) is 24.7 Å². The van der Waals surface area contributed by atoms with Crippen LogP contribution in [0.1, 0.15) is 5.56 Å². The second-order valence-electron chi connectivity index (χ2n) is 4.63. The van der Waals surface area contributed by atoms with Gasteiger partial charge in [-0.2, -0.15) is 0 Å². The molecule has 2 amide bonds. The largest absolute Gasteiger partial charge is 0.344 e. The van der Waals surface area contributed by atoms with Crippen LogP contribution in [0.3, 0.4) is 0 Å². The number of amides is 2. The number of hydrogen-bond donors (Lipinski definition) is 1. The lowest BCUT2D eigenvalue weighted by Gasteiger charge is -2.31. The second-order valence-corrected chi connectivity index (χ2v) is 4.63. The zero-order chi connectivity index (χ0) is 13.7. The lowest BCUT2D eigenvalue weighted by atomic mass is 10.2. The lowest BCUT2D eigenvalue weighted by molar-refractivity contribution is -0.146. The van der Waals surface area contributed by atoms with E-state index >= 15 is 0 Å². The first kappa shape index (κ1) is 13.5. The average Bonchev–Trinajstić information content (AvgIpc) is 2.46. The number of carbonyl (C=O) groups is 2. The molecule has 1 N–H and O–H groups in total. The summed E-state index contributed by atoms with van der Waals surface area (Å²) in [5, 5.41) is 2.64. The van der Waals surface area contributed by atoms with Gasteiger partial charge in [0, 0.05) is 45.1 Å². The van der Waals surface area contributed by atoms with Gasteiger partial charge in [-0.1, -0.05) is 0 Å². The number of likely N-dealkylation sites (N-methyl/N-ethyl adjacent to an activating group) is 1. The first-order valence-corrected chi connectivity index (χ1v) is 6.31. The fourth-order valence-electron chi connectivity index (χ4n) is 1.91. The van der Waals surface area contributed by atoms with Crippen molar-refractivity contribution in [2.24, 2.45) is 0 Å². The molecule has 0 radical (unpaired) electrons. The molecule has 19 heavy (non-hydrogen) atoms. The Kier molecular flexibility index (Phi) is 4.46. The molecule has 6 heteroatoms. The minimum absolute atomic E-state index is 0.348. The normalized spacial score (nSPS) is 16.2. The van der Waals surface area contributed by atoms with Gasteiger partial charge in [0.1, 0.15) is 0 Å². The van der Waals surface area contributed by atoms with E-state index in [1.807, 2.05) is 7.05 Å². The van der Waals surface area contributed by atoms with Gasteiger partial charge < -0.3 is 15.1 Å². The number of aromatic nitrogens is 1. The van der Waals surface area contributed by atoms with Gasteiger partial charge in [0.25, 0.3) is 0 Å². The van der Waals surface area contributed by atoms with E-state index in [1.165, 1.54) is 0 Å². The van der Waals surface area contributed by atoms with E-state index < -0.39 is 11.8 Å². The third-order valence-corrected chi connectivity index (χ3v) is 3.19. The molecule has 1 aliphatic rings. The van der Waals surface area contributed by atoms with Crippen LogP contribution in [0.4, 0.5) is 0 Å². The van der Waals surface area contributed by atoms with Crippen LogP contribution in [0.15, 0.2) is 24.5 Å². The van der Waals surface area contributed by atoms with Gasteiger partial charge in [-0.25, -0.2) is 0 Å². The van der Waals surface area contributed by atoms with Gasteiger partial charge in [0.15, 0.2) is 0 Å². The molecule has 0 atom stereocenters. The number of piperazine rings is 1. The van der Waals surface area contributed by atoms with Crippen molar-refractivity contribution in [1.82, 2.24) is 20.1 Å². The molecule has 1 saturated heterocycles. The summed E-state index contributed by atoms with van der Waals surface area (Å²) in [7, 11) is 2.01. The van der Waals surface area contributed by atoms with Crippen molar-refractivity contribution in [1.29, 1.82) is 0 Å². The lowest BCUT2D eigenvalue weighted by Crippen LogP contribution is -2.51. The Hall–Kier alpha value is -1.95. The summed E-state index contributed by atoms with van der Waals surface area (Å²) in [6.07, 6.45) is 3.31. The maximum atomic E-state index is 11.9. The molecule has 1 aromatic rings. The van der Waals surface area contributed by atoms with Crippen LogP contribution in [0.2, 0.25) is 0 Å². The second kappa shape index (κ2) is 6.29. The summed E-state index contributed by atoms with van der Waals surface area (Å²) in [6, 6.07) is 3.61. The van der Waals surface area contributed by atoms with Gasteiger partial charge in [0.05, 0.1) is 0 Å². The highest BCUT2D eigenvalue weighted by Gasteiger charge is 2.24. The van der Waals surface area contributed by atoms with Crippen molar-refractivity contribution in [3.63, 3.8) is 0 Å². The van der Waals surface area contributed by atoms with Crippen LogP contribution in [-0.2, 0) is 16.1 Å². The van der Waals surface area contributed by atoms with E-state index in [0.29, 0.717) is 19.6 Å². The Labute approximate surface area is 112 Å². The molecule has 0 unspecified atom stereocenters. The summed E-state index contributed by atoms with van der Waals surface area (Å²) < 4.78 is 0. The Morgan fingerprint density at radius 3 is 2.47 bits per heavy atom. The highest BCUT2D eigenvalue weighted by atomic mass is 16.2. The number of carbonyl (C=O) groups excluding carboxylic acids is 2. The van der Waals surface area contributed by atoms with Crippen LogP contribution in [-0.4, -0.2) is 59.8 Å². The minimum atomic E-state index is -0.540. The first-order valence-electron chi connectivity index (χ1n) is 6.31. The molecule has 2 heterocycles. The fraction of sp³-hybridized carbons (Fsp3) is 0.462. The van der Waals surface area contributed by atoms with Gasteiger partial charge in [0.2, 0.25) is 0 Å². The number of nitrogens with one attached hydrogen (secondary N) is 1. The van der Waals surface area contributed by atoms with Crippen molar-refractivity contribution in [2.75, 3.05) is 33.2 Å². The Balaban J connectivity index is 1.81. The number of pyridine rings is 1. The molecule has 0 spiro atoms. The standard InChI is InChI=1S/C13H18N4O2/c1-16-6-8-17(9-7-16)13(19)12(18)15-10-11-2-4-14-5-3-11/h2-5H,6-10H2,1H3,(H,15,18). The fourth-order valence-corrected chi connectivity index (χ4v) is 1.91. The van der Waals surface area contributed by atoms with E-state index in [0.717, 1.165) is 18.7 Å². The molecule has 1 fully saturated rings. The number of rotatable bonds is 2. The predicted octanol–water partition coefficient (Wildman–Crippen LogP) is -0.528. The molecular formula is C13H18N4O2. The summed E-state index contributed by atoms with van der Waals surface area (Å²) >= 11 is 0. The quantitative estimate of drug-likeness (QED) is 0.728. The van der Waals surface area contributed by atoms with Gasteiger partial charge in [-0.15, -0.1) is 0 Å². The molecule has 1 aromatic heterocycles. The zero-order valence-electron chi connectivity index (χ0n) is 11.0.